The largest absolute Gasteiger partial charge is 0.463 e. The highest BCUT2D eigenvalue weighted by Gasteiger charge is 2.45. The molecule has 1 fully saturated rings. The van der Waals surface area contributed by atoms with E-state index in [0.717, 1.165) is 12.1 Å². The molecule has 0 amide bonds. The van der Waals surface area contributed by atoms with Gasteiger partial charge in [0, 0.05) is 22.7 Å². The SMILES string of the molecule is CCOC(=O)/C=C1\NC(C)(C)C[C@@]12C=CC(=O)C(C)=C2. The van der Waals surface area contributed by atoms with Crippen LogP contribution in [-0.4, -0.2) is 23.9 Å². The van der Waals surface area contributed by atoms with Gasteiger partial charge in [0.2, 0.25) is 0 Å². The first-order valence-corrected chi connectivity index (χ1v) is 6.88. The summed E-state index contributed by atoms with van der Waals surface area (Å²) in [7, 11) is 0. The number of rotatable bonds is 2. The number of carbonyl (C=O) groups excluding carboxylic acids is 2. The Balaban J connectivity index is 2.42. The minimum absolute atomic E-state index is 0.0239. The molecule has 4 heteroatoms. The summed E-state index contributed by atoms with van der Waals surface area (Å²) in [6, 6.07) is 0. The highest BCUT2D eigenvalue weighted by Crippen LogP contribution is 2.46. The summed E-state index contributed by atoms with van der Waals surface area (Å²) in [6.07, 6.45) is 7.73. The lowest BCUT2D eigenvalue weighted by Crippen LogP contribution is -2.31. The standard InChI is InChI=1S/C16H21NO3/c1-5-20-14(19)8-13-16(10-15(3,4)17-13)7-6-12(18)11(2)9-16/h6-9,17H,5,10H2,1-4H3/b13-8-/t16-/m0/s1. The van der Waals surface area contributed by atoms with Crippen LogP contribution in [-0.2, 0) is 14.3 Å². The molecule has 108 valence electrons. The van der Waals surface area contributed by atoms with Crippen LogP contribution in [0.15, 0.2) is 35.6 Å². The third kappa shape index (κ3) is 2.69. The predicted molar refractivity (Wildman–Crippen MR) is 76.9 cm³/mol. The Morgan fingerprint density at radius 2 is 2.20 bits per heavy atom. The van der Waals surface area contributed by atoms with Crippen molar-refractivity contribution in [3.8, 4) is 0 Å². The molecular weight excluding hydrogens is 254 g/mol. The maximum absolute atomic E-state index is 11.7. The molecule has 0 saturated carbocycles. The van der Waals surface area contributed by atoms with E-state index >= 15 is 0 Å². The number of ketones is 1. The smallest absolute Gasteiger partial charge is 0.332 e. The predicted octanol–water partition coefficient (Wildman–Crippen LogP) is 2.28. The molecule has 1 saturated heterocycles. The van der Waals surface area contributed by atoms with Gasteiger partial charge in [-0.1, -0.05) is 12.2 Å². The maximum atomic E-state index is 11.7. The molecule has 0 aromatic rings. The van der Waals surface area contributed by atoms with Crippen LogP contribution in [0.4, 0.5) is 0 Å². The van der Waals surface area contributed by atoms with Crippen LogP contribution in [0.2, 0.25) is 0 Å². The number of hydrogen-bond donors (Lipinski definition) is 1. The molecule has 1 spiro atoms. The zero-order valence-electron chi connectivity index (χ0n) is 12.4. The molecule has 0 aromatic carbocycles. The Labute approximate surface area is 119 Å². The normalized spacial score (nSPS) is 29.5. The van der Waals surface area contributed by atoms with Gasteiger partial charge in [0.25, 0.3) is 0 Å². The van der Waals surface area contributed by atoms with Gasteiger partial charge in [0.05, 0.1) is 6.61 Å². The van der Waals surface area contributed by atoms with Crippen molar-refractivity contribution in [3.05, 3.63) is 35.6 Å². The van der Waals surface area contributed by atoms with E-state index in [1.807, 2.05) is 12.2 Å². The molecule has 1 heterocycles. The first kappa shape index (κ1) is 14.6. The molecule has 0 bridgehead atoms. The third-order valence-electron chi connectivity index (χ3n) is 3.65. The van der Waals surface area contributed by atoms with E-state index in [9.17, 15) is 9.59 Å². The number of allylic oxidation sites excluding steroid dienone is 3. The quantitative estimate of drug-likeness (QED) is 0.620. The number of carbonyl (C=O) groups is 2. The van der Waals surface area contributed by atoms with Crippen molar-refractivity contribution >= 4 is 11.8 Å². The molecule has 20 heavy (non-hydrogen) atoms. The van der Waals surface area contributed by atoms with Crippen LogP contribution in [0.25, 0.3) is 0 Å². The zero-order valence-corrected chi connectivity index (χ0v) is 12.4. The van der Waals surface area contributed by atoms with Crippen molar-refractivity contribution < 1.29 is 14.3 Å². The van der Waals surface area contributed by atoms with Crippen molar-refractivity contribution in [1.82, 2.24) is 5.32 Å². The first-order valence-electron chi connectivity index (χ1n) is 6.88. The molecule has 2 rings (SSSR count). The summed E-state index contributed by atoms with van der Waals surface area (Å²) in [5.74, 6) is -0.334. The summed E-state index contributed by atoms with van der Waals surface area (Å²) in [5.41, 5.74) is 0.958. The molecule has 2 aliphatic rings. The summed E-state index contributed by atoms with van der Waals surface area (Å²) < 4.78 is 4.99. The van der Waals surface area contributed by atoms with Gasteiger partial charge in [0.1, 0.15) is 0 Å². The molecule has 0 unspecified atom stereocenters. The van der Waals surface area contributed by atoms with Gasteiger partial charge in [-0.25, -0.2) is 4.79 Å². The maximum Gasteiger partial charge on any atom is 0.332 e. The highest BCUT2D eigenvalue weighted by molar-refractivity contribution is 6.05. The molecule has 4 nitrogen and oxygen atoms in total. The topological polar surface area (TPSA) is 55.4 Å². The van der Waals surface area contributed by atoms with Crippen LogP contribution in [0, 0.1) is 5.41 Å². The van der Waals surface area contributed by atoms with Crippen molar-refractivity contribution in [2.45, 2.75) is 39.7 Å². The fourth-order valence-electron chi connectivity index (χ4n) is 2.96. The second kappa shape index (κ2) is 4.93. The number of esters is 1. The average Bonchev–Trinajstić information content (AvgIpc) is 2.56. The Hall–Kier alpha value is -1.84. The second-order valence-electron chi connectivity index (χ2n) is 6.06. The summed E-state index contributed by atoms with van der Waals surface area (Å²) in [6.45, 7) is 8.09. The lowest BCUT2D eigenvalue weighted by molar-refractivity contribution is -0.137. The van der Waals surface area contributed by atoms with Gasteiger partial charge < -0.3 is 10.1 Å². The van der Waals surface area contributed by atoms with Crippen LogP contribution in [0.5, 0.6) is 0 Å². The lowest BCUT2D eigenvalue weighted by atomic mass is 9.75. The third-order valence-corrected chi connectivity index (χ3v) is 3.65. The van der Waals surface area contributed by atoms with E-state index in [2.05, 4.69) is 19.2 Å². The van der Waals surface area contributed by atoms with Crippen LogP contribution in [0.3, 0.4) is 0 Å². The van der Waals surface area contributed by atoms with E-state index < -0.39 is 5.41 Å². The van der Waals surface area contributed by atoms with Crippen molar-refractivity contribution in [3.63, 3.8) is 0 Å². The Morgan fingerprint density at radius 3 is 2.80 bits per heavy atom. The van der Waals surface area contributed by atoms with Gasteiger partial charge >= 0.3 is 5.97 Å². The van der Waals surface area contributed by atoms with Crippen molar-refractivity contribution in [1.29, 1.82) is 0 Å². The van der Waals surface area contributed by atoms with E-state index in [-0.39, 0.29) is 17.3 Å². The molecule has 0 aromatic heterocycles. The molecule has 1 atom stereocenters. The van der Waals surface area contributed by atoms with E-state index in [1.165, 1.54) is 6.08 Å². The monoisotopic (exact) mass is 275 g/mol. The minimum Gasteiger partial charge on any atom is -0.463 e. The van der Waals surface area contributed by atoms with Crippen LogP contribution in [0.1, 0.15) is 34.1 Å². The van der Waals surface area contributed by atoms with Crippen LogP contribution >= 0.6 is 0 Å². The van der Waals surface area contributed by atoms with Crippen molar-refractivity contribution in [2.75, 3.05) is 6.61 Å². The molecule has 1 aliphatic carbocycles. The first-order chi connectivity index (χ1) is 9.28. The highest BCUT2D eigenvalue weighted by atomic mass is 16.5. The minimum atomic E-state index is -0.408. The van der Waals surface area contributed by atoms with E-state index in [1.54, 1.807) is 19.9 Å². The Morgan fingerprint density at radius 1 is 1.50 bits per heavy atom. The fraction of sp³-hybridized carbons (Fsp3) is 0.500. The Bertz CT molecular complexity index is 540. The summed E-state index contributed by atoms with van der Waals surface area (Å²) in [4.78, 5) is 23.4. The fourth-order valence-corrected chi connectivity index (χ4v) is 2.96. The number of hydrogen-bond acceptors (Lipinski definition) is 4. The molecule has 1 aliphatic heterocycles. The van der Waals surface area contributed by atoms with Gasteiger partial charge in [-0.3, -0.25) is 4.79 Å². The van der Waals surface area contributed by atoms with Crippen LogP contribution < -0.4 is 5.32 Å². The van der Waals surface area contributed by atoms with Gasteiger partial charge in [0.15, 0.2) is 5.78 Å². The Kier molecular flexibility index (Phi) is 3.59. The number of nitrogens with one attached hydrogen (secondary N) is 1. The number of ether oxygens (including phenoxy) is 1. The summed E-state index contributed by atoms with van der Waals surface area (Å²) >= 11 is 0. The van der Waals surface area contributed by atoms with E-state index in [0.29, 0.717) is 12.2 Å². The van der Waals surface area contributed by atoms with Crippen molar-refractivity contribution in [2.24, 2.45) is 5.41 Å². The van der Waals surface area contributed by atoms with Gasteiger partial charge in [-0.15, -0.1) is 0 Å². The zero-order chi connectivity index (χ0) is 15.0. The van der Waals surface area contributed by atoms with Gasteiger partial charge in [-0.05, 0) is 45.8 Å². The molecular formula is C16H21NO3. The lowest BCUT2D eigenvalue weighted by Gasteiger charge is -2.26. The summed E-state index contributed by atoms with van der Waals surface area (Å²) in [5, 5.41) is 3.37. The second-order valence-corrected chi connectivity index (χ2v) is 6.06. The molecule has 0 radical (unpaired) electrons. The molecule has 1 N–H and O–H groups in total. The average molecular weight is 275 g/mol. The van der Waals surface area contributed by atoms with Gasteiger partial charge in [-0.2, -0.15) is 0 Å². The van der Waals surface area contributed by atoms with E-state index in [4.69, 9.17) is 4.74 Å².